The molecule has 1 N–H and O–H groups in total. The van der Waals surface area contributed by atoms with E-state index in [9.17, 15) is 5.11 Å². The number of rotatable bonds is 7. The van der Waals surface area contributed by atoms with E-state index < -0.39 is 0 Å². The van der Waals surface area contributed by atoms with Gasteiger partial charge in [0.05, 0.1) is 20.3 Å². The molecule has 1 aliphatic rings. The van der Waals surface area contributed by atoms with Crippen LogP contribution in [-0.2, 0) is 6.54 Å². The van der Waals surface area contributed by atoms with E-state index in [1.54, 1.807) is 7.11 Å². The second-order valence-corrected chi connectivity index (χ2v) is 6.23. The van der Waals surface area contributed by atoms with Crippen LogP contribution >= 0.6 is 0 Å². The number of benzene rings is 1. The van der Waals surface area contributed by atoms with Gasteiger partial charge >= 0.3 is 0 Å². The molecule has 0 amide bonds. The number of hydrogen-bond acceptors (Lipinski definition) is 6. The molecule has 1 fully saturated rings. The van der Waals surface area contributed by atoms with Gasteiger partial charge in [0.2, 0.25) is 0 Å². The number of aliphatic hydroxyl groups excluding tert-OH is 1. The number of ether oxygens (including phenoxy) is 1. The molecule has 0 radical (unpaired) electrons. The summed E-state index contributed by atoms with van der Waals surface area (Å²) < 4.78 is 10.6. The minimum atomic E-state index is 0.152. The lowest BCUT2D eigenvalue weighted by Crippen LogP contribution is -2.38. The van der Waals surface area contributed by atoms with E-state index in [1.807, 2.05) is 24.3 Å². The van der Waals surface area contributed by atoms with Crippen molar-refractivity contribution in [1.29, 1.82) is 0 Å². The van der Waals surface area contributed by atoms with Crippen LogP contribution in [0.25, 0.3) is 11.5 Å². The first-order chi connectivity index (χ1) is 11.8. The summed E-state index contributed by atoms with van der Waals surface area (Å²) in [5.41, 5.74) is 0.876. The lowest BCUT2D eigenvalue weighted by Gasteiger charge is -2.32. The number of aromatic nitrogens is 2. The van der Waals surface area contributed by atoms with Crippen LogP contribution in [0.1, 0.15) is 37.9 Å². The molecule has 0 unspecified atom stereocenters. The van der Waals surface area contributed by atoms with E-state index in [0.717, 1.165) is 11.3 Å². The fourth-order valence-corrected chi connectivity index (χ4v) is 3.32. The maximum atomic E-state index is 9.36. The number of methoxy groups -OCH3 is 1. The van der Waals surface area contributed by atoms with Gasteiger partial charge in [-0.3, -0.25) is 4.90 Å². The third-order valence-corrected chi connectivity index (χ3v) is 4.63. The maximum absolute atomic E-state index is 9.36. The van der Waals surface area contributed by atoms with Gasteiger partial charge in [-0.2, -0.15) is 4.98 Å². The van der Waals surface area contributed by atoms with E-state index in [2.05, 4.69) is 15.0 Å². The van der Waals surface area contributed by atoms with Crippen molar-refractivity contribution < 1.29 is 14.4 Å². The Kier molecular flexibility index (Phi) is 5.82. The van der Waals surface area contributed by atoms with Crippen molar-refractivity contribution in [3.8, 4) is 17.2 Å². The third-order valence-electron chi connectivity index (χ3n) is 4.63. The highest BCUT2D eigenvalue weighted by Gasteiger charge is 2.22. The lowest BCUT2D eigenvalue weighted by molar-refractivity contribution is 0.113. The Bertz CT molecular complexity index is 621. The third kappa shape index (κ3) is 4.13. The lowest BCUT2D eigenvalue weighted by atomic mass is 9.94. The van der Waals surface area contributed by atoms with E-state index in [4.69, 9.17) is 9.26 Å². The summed E-state index contributed by atoms with van der Waals surface area (Å²) in [4.78, 5) is 6.79. The molecule has 0 spiro atoms. The van der Waals surface area contributed by atoms with E-state index in [0.29, 0.717) is 30.8 Å². The van der Waals surface area contributed by atoms with Crippen molar-refractivity contribution in [1.82, 2.24) is 15.0 Å². The molecule has 1 aliphatic carbocycles. The van der Waals surface area contributed by atoms with Crippen molar-refractivity contribution in [3.05, 3.63) is 30.1 Å². The first-order valence-electron chi connectivity index (χ1n) is 8.62. The molecule has 0 aliphatic heterocycles. The first-order valence-corrected chi connectivity index (χ1v) is 8.62. The molecule has 24 heavy (non-hydrogen) atoms. The fourth-order valence-electron chi connectivity index (χ4n) is 3.32. The molecule has 3 rings (SSSR count). The molecular weight excluding hydrogens is 306 g/mol. The average molecular weight is 331 g/mol. The fraction of sp³-hybridized carbons (Fsp3) is 0.556. The summed E-state index contributed by atoms with van der Waals surface area (Å²) in [6.45, 7) is 1.42. The highest BCUT2D eigenvalue weighted by atomic mass is 16.5. The Morgan fingerprint density at radius 3 is 2.62 bits per heavy atom. The van der Waals surface area contributed by atoms with Crippen LogP contribution in [0.5, 0.6) is 5.75 Å². The summed E-state index contributed by atoms with van der Waals surface area (Å²) in [5.74, 6) is 1.98. The Balaban J connectivity index is 1.68. The van der Waals surface area contributed by atoms with Crippen LogP contribution in [0.4, 0.5) is 0 Å². The van der Waals surface area contributed by atoms with Crippen LogP contribution in [-0.4, -0.2) is 46.5 Å². The summed E-state index contributed by atoms with van der Waals surface area (Å²) >= 11 is 0. The Labute approximate surface area is 142 Å². The SMILES string of the molecule is COc1ccc(-c2nc(CN(CCO)C3CCCCC3)no2)cc1. The molecule has 130 valence electrons. The van der Waals surface area contributed by atoms with Crippen molar-refractivity contribution in [2.24, 2.45) is 0 Å². The van der Waals surface area contributed by atoms with E-state index in [1.165, 1.54) is 32.1 Å². The topological polar surface area (TPSA) is 71.6 Å². The van der Waals surface area contributed by atoms with Crippen molar-refractivity contribution >= 4 is 0 Å². The quantitative estimate of drug-likeness (QED) is 0.841. The standard InChI is InChI=1S/C18H25N3O3/c1-23-16-9-7-14(8-10-16)18-19-17(20-24-18)13-21(11-12-22)15-5-3-2-4-6-15/h7-10,15,22H,2-6,11-13H2,1H3. The van der Waals surface area contributed by atoms with Gasteiger partial charge in [-0.25, -0.2) is 0 Å². The van der Waals surface area contributed by atoms with E-state index in [-0.39, 0.29) is 6.61 Å². The number of aliphatic hydroxyl groups is 1. The number of hydrogen-bond donors (Lipinski definition) is 1. The largest absolute Gasteiger partial charge is 0.497 e. The van der Waals surface area contributed by atoms with Crippen LogP contribution in [0.15, 0.2) is 28.8 Å². The van der Waals surface area contributed by atoms with Crippen molar-refractivity contribution in [3.63, 3.8) is 0 Å². The zero-order valence-electron chi connectivity index (χ0n) is 14.1. The van der Waals surface area contributed by atoms with Gasteiger partial charge in [-0.1, -0.05) is 24.4 Å². The first kappa shape index (κ1) is 16.9. The summed E-state index contributed by atoms with van der Waals surface area (Å²) in [5, 5.41) is 13.5. The van der Waals surface area contributed by atoms with Crippen LogP contribution in [0, 0.1) is 0 Å². The number of nitrogens with zero attached hydrogens (tertiary/aromatic N) is 3. The van der Waals surface area contributed by atoms with Gasteiger partial charge in [0.1, 0.15) is 5.75 Å². The molecule has 0 bridgehead atoms. The van der Waals surface area contributed by atoms with Gasteiger partial charge in [0.25, 0.3) is 5.89 Å². The second kappa shape index (κ2) is 8.26. The van der Waals surface area contributed by atoms with Crippen molar-refractivity contribution in [2.45, 2.75) is 44.7 Å². The highest BCUT2D eigenvalue weighted by molar-refractivity contribution is 5.54. The minimum Gasteiger partial charge on any atom is -0.497 e. The smallest absolute Gasteiger partial charge is 0.257 e. The normalized spacial score (nSPS) is 15.8. The molecule has 2 aromatic rings. The maximum Gasteiger partial charge on any atom is 0.257 e. The molecule has 0 saturated heterocycles. The molecule has 0 atom stereocenters. The van der Waals surface area contributed by atoms with Crippen LogP contribution in [0.2, 0.25) is 0 Å². The van der Waals surface area contributed by atoms with Crippen LogP contribution < -0.4 is 4.74 Å². The minimum absolute atomic E-state index is 0.152. The Hall–Kier alpha value is -1.92. The molecular formula is C18H25N3O3. The molecule has 6 heteroatoms. The predicted molar refractivity (Wildman–Crippen MR) is 90.7 cm³/mol. The van der Waals surface area contributed by atoms with E-state index >= 15 is 0 Å². The zero-order valence-corrected chi connectivity index (χ0v) is 14.1. The molecule has 1 heterocycles. The second-order valence-electron chi connectivity index (χ2n) is 6.23. The molecule has 1 saturated carbocycles. The Morgan fingerprint density at radius 2 is 1.96 bits per heavy atom. The Morgan fingerprint density at radius 1 is 1.21 bits per heavy atom. The van der Waals surface area contributed by atoms with Gasteiger partial charge in [0, 0.05) is 18.2 Å². The predicted octanol–water partition coefficient (Wildman–Crippen LogP) is 2.87. The van der Waals surface area contributed by atoms with Gasteiger partial charge in [0.15, 0.2) is 5.82 Å². The highest BCUT2D eigenvalue weighted by Crippen LogP contribution is 2.25. The summed E-state index contributed by atoms with van der Waals surface area (Å²) in [7, 11) is 1.64. The van der Waals surface area contributed by atoms with Crippen LogP contribution in [0.3, 0.4) is 0 Å². The van der Waals surface area contributed by atoms with Gasteiger partial charge < -0.3 is 14.4 Å². The molecule has 1 aromatic carbocycles. The monoisotopic (exact) mass is 331 g/mol. The van der Waals surface area contributed by atoms with Crippen molar-refractivity contribution in [2.75, 3.05) is 20.3 Å². The zero-order chi connectivity index (χ0) is 16.8. The van der Waals surface area contributed by atoms with Gasteiger partial charge in [-0.15, -0.1) is 0 Å². The molecule has 1 aromatic heterocycles. The molecule has 6 nitrogen and oxygen atoms in total. The average Bonchev–Trinajstić information content (AvgIpc) is 3.11. The summed E-state index contributed by atoms with van der Waals surface area (Å²) in [6.07, 6.45) is 6.20. The van der Waals surface area contributed by atoms with Gasteiger partial charge in [-0.05, 0) is 37.1 Å². The summed E-state index contributed by atoms with van der Waals surface area (Å²) in [6, 6.07) is 8.07.